The second-order valence-corrected chi connectivity index (χ2v) is 5.51. The molecule has 0 bridgehead atoms. The number of allylic oxidation sites excluding steroid dienone is 1. The predicted molar refractivity (Wildman–Crippen MR) is 92.7 cm³/mol. The molecule has 0 atom stereocenters. The number of ether oxygens (including phenoxy) is 1. The summed E-state index contributed by atoms with van der Waals surface area (Å²) in [7, 11) is 0. The summed E-state index contributed by atoms with van der Waals surface area (Å²) in [6.45, 7) is 0.665. The predicted octanol–water partition coefficient (Wildman–Crippen LogP) is 4.39. The number of fused-ring (bicyclic) bond motifs is 1. The van der Waals surface area contributed by atoms with Crippen molar-refractivity contribution in [2.24, 2.45) is 4.99 Å². The molecule has 3 aromatic rings. The first kappa shape index (κ1) is 13.8. The third kappa shape index (κ3) is 2.78. The standard InChI is InChI=1S/C17H13ClN4O/c18-14-9-11(22-12-3-6-19-10-12)1-2-16(14)23-15-5-8-21-17-13(15)4-7-20-17/h1-9,22H,10H2,(H,20,21). The lowest BCUT2D eigenvalue weighted by molar-refractivity contribution is 0.488. The van der Waals surface area contributed by atoms with Crippen LogP contribution in [0.2, 0.25) is 5.02 Å². The summed E-state index contributed by atoms with van der Waals surface area (Å²) in [6.07, 6.45) is 7.26. The monoisotopic (exact) mass is 324 g/mol. The van der Waals surface area contributed by atoms with Crippen LogP contribution in [0.3, 0.4) is 0 Å². The van der Waals surface area contributed by atoms with E-state index in [9.17, 15) is 0 Å². The molecular formula is C17H13ClN4O. The van der Waals surface area contributed by atoms with Gasteiger partial charge in [-0.2, -0.15) is 0 Å². The van der Waals surface area contributed by atoms with Gasteiger partial charge in [0.1, 0.15) is 17.1 Å². The van der Waals surface area contributed by atoms with E-state index in [0.717, 1.165) is 22.4 Å². The van der Waals surface area contributed by atoms with Gasteiger partial charge < -0.3 is 15.0 Å². The highest BCUT2D eigenvalue weighted by molar-refractivity contribution is 6.32. The van der Waals surface area contributed by atoms with Gasteiger partial charge in [-0.05, 0) is 36.4 Å². The Bertz CT molecular complexity index is 929. The number of benzene rings is 1. The smallest absolute Gasteiger partial charge is 0.146 e. The Morgan fingerprint density at radius 2 is 2.13 bits per heavy atom. The Morgan fingerprint density at radius 3 is 2.96 bits per heavy atom. The molecule has 0 spiro atoms. The summed E-state index contributed by atoms with van der Waals surface area (Å²) in [5.41, 5.74) is 2.73. The van der Waals surface area contributed by atoms with Crippen LogP contribution >= 0.6 is 11.6 Å². The van der Waals surface area contributed by atoms with Crippen LogP contribution in [-0.2, 0) is 0 Å². The molecule has 114 valence electrons. The van der Waals surface area contributed by atoms with Crippen molar-refractivity contribution in [2.45, 2.75) is 0 Å². The third-order valence-electron chi connectivity index (χ3n) is 3.52. The van der Waals surface area contributed by atoms with Crippen molar-refractivity contribution in [3.05, 3.63) is 59.5 Å². The van der Waals surface area contributed by atoms with Gasteiger partial charge in [-0.3, -0.25) is 4.99 Å². The number of nitrogens with one attached hydrogen (secondary N) is 2. The highest BCUT2D eigenvalue weighted by Crippen LogP contribution is 2.34. The maximum absolute atomic E-state index is 6.35. The molecule has 0 unspecified atom stereocenters. The highest BCUT2D eigenvalue weighted by Gasteiger charge is 2.09. The molecule has 2 aromatic heterocycles. The van der Waals surface area contributed by atoms with E-state index in [2.05, 4.69) is 20.3 Å². The lowest BCUT2D eigenvalue weighted by Crippen LogP contribution is -2.00. The zero-order valence-electron chi connectivity index (χ0n) is 12.1. The number of nitrogens with zero attached hydrogens (tertiary/aromatic N) is 2. The summed E-state index contributed by atoms with van der Waals surface area (Å²) in [6, 6.07) is 9.36. The Balaban J connectivity index is 1.58. The van der Waals surface area contributed by atoms with Gasteiger partial charge in [-0.1, -0.05) is 11.6 Å². The summed E-state index contributed by atoms with van der Waals surface area (Å²) in [5.74, 6) is 1.31. The topological polar surface area (TPSA) is 62.3 Å². The molecule has 3 heterocycles. The largest absolute Gasteiger partial charge is 0.455 e. The minimum absolute atomic E-state index is 0.537. The Labute approximate surface area is 137 Å². The molecule has 0 saturated heterocycles. The molecular weight excluding hydrogens is 312 g/mol. The van der Waals surface area contributed by atoms with E-state index in [0.29, 0.717) is 23.1 Å². The van der Waals surface area contributed by atoms with E-state index in [1.54, 1.807) is 12.4 Å². The fourth-order valence-corrected chi connectivity index (χ4v) is 2.64. The van der Waals surface area contributed by atoms with E-state index in [-0.39, 0.29) is 0 Å². The number of halogens is 1. The minimum atomic E-state index is 0.537. The maximum atomic E-state index is 6.35. The number of rotatable bonds is 4. The van der Waals surface area contributed by atoms with Crippen LogP contribution in [0.1, 0.15) is 0 Å². The number of aromatic nitrogens is 2. The fourth-order valence-electron chi connectivity index (χ4n) is 2.42. The van der Waals surface area contributed by atoms with Crippen LogP contribution in [0.25, 0.3) is 11.0 Å². The summed E-state index contributed by atoms with van der Waals surface area (Å²) < 4.78 is 5.95. The first-order valence-electron chi connectivity index (χ1n) is 7.15. The van der Waals surface area contributed by atoms with Crippen LogP contribution in [0.4, 0.5) is 5.69 Å². The van der Waals surface area contributed by atoms with E-state index in [1.165, 1.54) is 0 Å². The maximum Gasteiger partial charge on any atom is 0.146 e. The molecule has 0 aliphatic carbocycles. The number of H-pyrrole nitrogens is 1. The molecule has 1 aliphatic heterocycles. The van der Waals surface area contributed by atoms with E-state index in [4.69, 9.17) is 16.3 Å². The Hall–Kier alpha value is -2.79. The number of hydrogen-bond donors (Lipinski definition) is 2. The van der Waals surface area contributed by atoms with E-state index in [1.807, 2.05) is 42.6 Å². The summed E-state index contributed by atoms with van der Waals surface area (Å²) in [4.78, 5) is 11.4. The second kappa shape index (κ2) is 5.78. The normalized spacial score (nSPS) is 13.3. The second-order valence-electron chi connectivity index (χ2n) is 5.10. The quantitative estimate of drug-likeness (QED) is 0.748. The first-order chi connectivity index (χ1) is 11.3. The molecule has 0 fully saturated rings. The number of pyridine rings is 1. The third-order valence-corrected chi connectivity index (χ3v) is 3.81. The van der Waals surface area contributed by atoms with E-state index >= 15 is 0 Å². The molecule has 0 radical (unpaired) electrons. The van der Waals surface area contributed by atoms with Crippen molar-refractivity contribution < 1.29 is 4.74 Å². The first-order valence-corrected chi connectivity index (χ1v) is 7.53. The number of aliphatic imine (C=N–C) groups is 1. The van der Waals surface area contributed by atoms with Crippen LogP contribution in [0.15, 0.2) is 59.5 Å². The van der Waals surface area contributed by atoms with Gasteiger partial charge in [0.2, 0.25) is 0 Å². The fraction of sp³-hybridized carbons (Fsp3) is 0.0588. The average molecular weight is 325 g/mol. The SMILES string of the molecule is Clc1cc(NC2=CC=NC2)ccc1Oc1ccnc2[nH]ccc12. The molecule has 1 aromatic carbocycles. The van der Waals surface area contributed by atoms with Gasteiger partial charge in [0, 0.05) is 30.0 Å². The van der Waals surface area contributed by atoms with Gasteiger partial charge in [-0.15, -0.1) is 0 Å². The molecule has 5 nitrogen and oxygen atoms in total. The average Bonchev–Trinajstić information content (AvgIpc) is 3.21. The molecule has 0 saturated carbocycles. The molecule has 1 aliphatic rings. The van der Waals surface area contributed by atoms with Crippen LogP contribution in [0, 0.1) is 0 Å². The van der Waals surface area contributed by atoms with Crippen LogP contribution in [-0.4, -0.2) is 22.7 Å². The molecule has 23 heavy (non-hydrogen) atoms. The molecule has 6 heteroatoms. The van der Waals surface area contributed by atoms with Gasteiger partial charge in [0.15, 0.2) is 0 Å². The van der Waals surface area contributed by atoms with Crippen molar-refractivity contribution in [1.82, 2.24) is 9.97 Å². The van der Waals surface area contributed by atoms with Gasteiger partial charge >= 0.3 is 0 Å². The number of hydrogen-bond acceptors (Lipinski definition) is 4. The number of anilines is 1. The molecule has 2 N–H and O–H groups in total. The van der Waals surface area contributed by atoms with Crippen molar-refractivity contribution in [3.8, 4) is 11.5 Å². The highest BCUT2D eigenvalue weighted by atomic mass is 35.5. The van der Waals surface area contributed by atoms with Crippen molar-refractivity contribution in [1.29, 1.82) is 0 Å². The number of aromatic amines is 1. The zero-order valence-corrected chi connectivity index (χ0v) is 12.8. The Morgan fingerprint density at radius 1 is 1.17 bits per heavy atom. The van der Waals surface area contributed by atoms with Crippen LogP contribution < -0.4 is 10.1 Å². The van der Waals surface area contributed by atoms with Crippen LogP contribution in [0.5, 0.6) is 11.5 Å². The van der Waals surface area contributed by atoms with Gasteiger partial charge in [0.25, 0.3) is 0 Å². The van der Waals surface area contributed by atoms with E-state index < -0.39 is 0 Å². The summed E-state index contributed by atoms with van der Waals surface area (Å²) >= 11 is 6.35. The van der Waals surface area contributed by atoms with Crippen molar-refractivity contribution >= 4 is 34.5 Å². The van der Waals surface area contributed by atoms with Crippen molar-refractivity contribution in [2.75, 3.05) is 11.9 Å². The molecule has 4 rings (SSSR count). The lowest BCUT2D eigenvalue weighted by Gasteiger charge is -2.11. The molecule has 0 amide bonds. The summed E-state index contributed by atoms with van der Waals surface area (Å²) in [5, 5.41) is 4.73. The lowest BCUT2D eigenvalue weighted by atomic mass is 10.2. The van der Waals surface area contributed by atoms with Gasteiger partial charge in [-0.25, -0.2) is 4.98 Å². The Kier molecular flexibility index (Phi) is 3.48. The zero-order chi connectivity index (χ0) is 15.6. The van der Waals surface area contributed by atoms with Crippen molar-refractivity contribution in [3.63, 3.8) is 0 Å². The van der Waals surface area contributed by atoms with Gasteiger partial charge in [0.05, 0.1) is 17.0 Å². The minimum Gasteiger partial charge on any atom is -0.455 e.